The number of carbonyl (C=O) groups is 1. The van der Waals surface area contributed by atoms with Crippen LogP contribution in [0.25, 0.3) is 0 Å². The van der Waals surface area contributed by atoms with E-state index in [0.717, 1.165) is 25.9 Å². The van der Waals surface area contributed by atoms with Crippen LogP contribution in [0.2, 0.25) is 0 Å². The zero-order valence-electron chi connectivity index (χ0n) is 17.9. The van der Waals surface area contributed by atoms with Crippen LogP contribution in [-0.4, -0.2) is 66.9 Å². The summed E-state index contributed by atoms with van der Waals surface area (Å²) in [7, 11) is 0. The minimum absolute atomic E-state index is 0.0293. The van der Waals surface area contributed by atoms with Crippen molar-refractivity contribution in [3.8, 4) is 5.75 Å². The van der Waals surface area contributed by atoms with E-state index in [1.165, 1.54) is 23.1 Å². The molecule has 32 heavy (non-hydrogen) atoms. The second-order valence-electron chi connectivity index (χ2n) is 8.42. The van der Waals surface area contributed by atoms with Gasteiger partial charge in [0.05, 0.1) is 11.7 Å². The van der Waals surface area contributed by atoms with Gasteiger partial charge in [-0.15, -0.1) is 0 Å². The Kier molecular flexibility index (Phi) is 7.34. The summed E-state index contributed by atoms with van der Waals surface area (Å²) in [6, 6.07) is 12.4. The zero-order chi connectivity index (χ0) is 22.5. The molecule has 2 N–H and O–H groups in total. The van der Waals surface area contributed by atoms with Crippen molar-refractivity contribution in [3.05, 3.63) is 60.2 Å². The van der Waals surface area contributed by atoms with Crippen LogP contribution in [0.15, 0.2) is 48.5 Å². The number of likely N-dealkylation sites (tertiary alicyclic amines) is 1. The van der Waals surface area contributed by atoms with Gasteiger partial charge in [-0.3, -0.25) is 4.79 Å². The van der Waals surface area contributed by atoms with E-state index in [4.69, 9.17) is 4.74 Å². The number of aliphatic hydroxyl groups is 1. The third-order valence-electron chi connectivity index (χ3n) is 6.11. The largest absolute Gasteiger partial charge is 0.488 e. The summed E-state index contributed by atoms with van der Waals surface area (Å²) in [5, 5.41) is 13.7. The van der Waals surface area contributed by atoms with E-state index in [-0.39, 0.29) is 36.2 Å². The van der Waals surface area contributed by atoms with Gasteiger partial charge in [0.1, 0.15) is 18.5 Å². The Morgan fingerprint density at radius 3 is 2.41 bits per heavy atom. The number of ether oxygens (including phenoxy) is 1. The van der Waals surface area contributed by atoms with E-state index in [9.17, 15) is 18.7 Å². The lowest BCUT2D eigenvalue weighted by atomic mass is 10.0. The number of anilines is 1. The number of rotatable bonds is 8. The number of para-hydroxylation sites is 2. The third-order valence-corrected chi connectivity index (χ3v) is 6.11. The Hall–Kier alpha value is -2.55. The SMILES string of the molecule is O=C1[C@H](NC2CCN(C[C@@H](O)COc3ccccc3F)CC2)CCN1c1ccccc1F. The number of hydrogen-bond donors (Lipinski definition) is 2. The average Bonchev–Trinajstić information content (AvgIpc) is 3.15. The molecule has 0 unspecified atom stereocenters. The molecule has 0 spiro atoms. The molecule has 2 aromatic carbocycles. The maximum atomic E-state index is 14.1. The molecule has 2 aliphatic heterocycles. The van der Waals surface area contributed by atoms with Crippen molar-refractivity contribution in [2.75, 3.05) is 37.7 Å². The van der Waals surface area contributed by atoms with E-state index >= 15 is 0 Å². The summed E-state index contributed by atoms with van der Waals surface area (Å²) >= 11 is 0. The van der Waals surface area contributed by atoms with Crippen LogP contribution in [0.3, 0.4) is 0 Å². The number of nitrogens with one attached hydrogen (secondary N) is 1. The Bertz CT molecular complexity index is 921. The molecule has 4 rings (SSSR count). The summed E-state index contributed by atoms with van der Waals surface area (Å²) in [6.45, 7) is 2.55. The van der Waals surface area contributed by atoms with Gasteiger partial charge < -0.3 is 25.0 Å². The van der Waals surface area contributed by atoms with Crippen LogP contribution in [0.4, 0.5) is 14.5 Å². The van der Waals surface area contributed by atoms with Crippen molar-refractivity contribution in [3.63, 3.8) is 0 Å². The zero-order valence-corrected chi connectivity index (χ0v) is 17.9. The summed E-state index contributed by atoms with van der Waals surface area (Å²) in [5.74, 6) is -0.771. The molecule has 0 aromatic heterocycles. The lowest BCUT2D eigenvalue weighted by molar-refractivity contribution is -0.119. The van der Waals surface area contributed by atoms with Gasteiger partial charge in [-0.1, -0.05) is 24.3 Å². The molecule has 2 heterocycles. The van der Waals surface area contributed by atoms with Crippen LogP contribution in [-0.2, 0) is 4.79 Å². The molecule has 0 aliphatic carbocycles. The van der Waals surface area contributed by atoms with E-state index < -0.39 is 11.9 Å². The first-order valence-electron chi connectivity index (χ1n) is 11.1. The summed E-state index contributed by atoms with van der Waals surface area (Å²) in [4.78, 5) is 16.4. The van der Waals surface area contributed by atoms with Crippen LogP contribution < -0.4 is 15.0 Å². The first-order valence-corrected chi connectivity index (χ1v) is 11.1. The molecule has 2 saturated heterocycles. The number of nitrogens with zero attached hydrogens (tertiary/aromatic N) is 2. The highest BCUT2D eigenvalue weighted by Crippen LogP contribution is 2.25. The number of hydrogen-bond acceptors (Lipinski definition) is 5. The molecule has 8 heteroatoms. The maximum absolute atomic E-state index is 14.1. The van der Waals surface area contributed by atoms with E-state index in [1.54, 1.807) is 30.3 Å². The number of β-amino-alcohol motifs (C(OH)–C–C–N with tert-alkyl or cyclic N) is 1. The number of piperidine rings is 1. The Balaban J connectivity index is 1.19. The van der Waals surface area contributed by atoms with Gasteiger partial charge in [0.15, 0.2) is 11.6 Å². The van der Waals surface area contributed by atoms with E-state index in [1.807, 2.05) is 0 Å². The Morgan fingerprint density at radius 1 is 1.00 bits per heavy atom. The monoisotopic (exact) mass is 445 g/mol. The van der Waals surface area contributed by atoms with Crippen molar-refractivity contribution >= 4 is 11.6 Å². The molecule has 1 amide bonds. The van der Waals surface area contributed by atoms with Crippen molar-refractivity contribution < 1.29 is 23.4 Å². The normalized spacial score (nSPS) is 21.2. The first kappa shape index (κ1) is 22.6. The molecule has 2 aromatic rings. The first-order chi connectivity index (χ1) is 15.5. The highest BCUT2D eigenvalue weighted by Gasteiger charge is 2.35. The molecule has 0 bridgehead atoms. The number of halogens is 2. The Labute approximate surface area is 186 Å². The maximum Gasteiger partial charge on any atom is 0.244 e. The Morgan fingerprint density at radius 2 is 1.69 bits per heavy atom. The minimum Gasteiger partial charge on any atom is -0.488 e. The van der Waals surface area contributed by atoms with Gasteiger partial charge in [0.25, 0.3) is 0 Å². The molecular weight excluding hydrogens is 416 g/mol. The second-order valence-corrected chi connectivity index (χ2v) is 8.42. The highest BCUT2D eigenvalue weighted by molar-refractivity contribution is 5.99. The number of amides is 1. The molecule has 172 valence electrons. The summed E-state index contributed by atoms with van der Waals surface area (Å²) in [6.07, 6.45) is 1.64. The fourth-order valence-electron chi connectivity index (χ4n) is 4.41. The van der Waals surface area contributed by atoms with Crippen molar-refractivity contribution in [2.24, 2.45) is 0 Å². The minimum atomic E-state index is -0.718. The fourth-order valence-corrected chi connectivity index (χ4v) is 4.41. The molecule has 2 aliphatic rings. The van der Waals surface area contributed by atoms with Gasteiger partial charge in [0.2, 0.25) is 5.91 Å². The van der Waals surface area contributed by atoms with Crippen LogP contribution in [0.5, 0.6) is 5.75 Å². The van der Waals surface area contributed by atoms with Gasteiger partial charge in [0, 0.05) is 19.1 Å². The highest BCUT2D eigenvalue weighted by atomic mass is 19.1. The third kappa shape index (κ3) is 5.43. The van der Waals surface area contributed by atoms with Gasteiger partial charge in [-0.2, -0.15) is 0 Å². The topological polar surface area (TPSA) is 65.0 Å². The van der Waals surface area contributed by atoms with Crippen molar-refractivity contribution in [2.45, 2.75) is 37.5 Å². The second kappa shape index (κ2) is 10.4. The number of carbonyl (C=O) groups excluding carboxylic acids is 1. The molecule has 0 saturated carbocycles. The van der Waals surface area contributed by atoms with Crippen molar-refractivity contribution in [1.82, 2.24) is 10.2 Å². The van der Waals surface area contributed by atoms with Gasteiger partial charge >= 0.3 is 0 Å². The van der Waals surface area contributed by atoms with Gasteiger partial charge in [-0.25, -0.2) is 8.78 Å². The predicted molar refractivity (Wildman–Crippen MR) is 118 cm³/mol. The van der Waals surface area contributed by atoms with Gasteiger partial charge in [-0.05, 0) is 56.6 Å². The molecule has 6 nitrogen and oxygen atoms in total. The fraction of sp³-hybridized carbons (Fsp3) is 0.458. The van der Waals surface area contributed by atoms with E-state index in [2.05, 4.69) is 10.2 Å². The van der Waals surface area contributed by atoms with E-state index in [0.29, 0.717) is 25.2 Å². The lowest BCUT2D eigenvalue weighted by Crippen LogP contribution is -2.50. The standard InChI is InChI=1S/C24H29F2N3O3/c25-19-5-1-3-7-22(19)29-14-11-21(24(29)31)27-17-9-12-28(13-10-17)15-18(30)16-32-23-8-4-2-6-20(23)26/h1-8,17-18,21,27,30H,9-16H2/t18-,21-/m1/s1. The van der Waals surface area contributed by atoms with Crippen LogP contribution in [0.1, 0.15) is 19.3 Å². The lowest BCUT2D eigenvalue weighted by Gasteiger charge is -2.34. The number of benzene rings is 2. The molecular formula is C24H29F2N3O3. The smallest absolute Gasteiger partial charge is 0.244 e. The van der Waals surface area contributed by atoms with Crippen LogP contribution in [0, 0.1) is 11.6 Å². The van der Waals surface area contributed by atoms with Crippen LogP contribution >= 0.6 is 0 Å². The quantitative estimate of drug-likeness (QED) is 0.654. The molecule has 0 radical (unpaired) electrons. The summed E-state index contributed by atoms with van der Waals surface area (Å²) in [5.41, 5.74) is 0.336. The molecule has 2 fully saturated rings. The number of aliphatic hydroxyl groups excluding tert-OH is 1. The molecule has 2 atom stereocenters. The van der Waals surface area contributed by atoms with Crippen molar-refractivity contribution in [1.29, 1.82) is 0 Å². The predicted octanol–water partition coefficient (Wildman–Crippen LogP) is 2.56. The summed E-state index contributed by atoms with van der Waals surface area (Å²) < 4.78 is 33.0. The average molecular weight is 446 g/mol.